The molecule has 4 heterocycles. The topological polar surface area (TPSA) is 89.6 Å². The van der Waals surface area contributed by atoms with Crippen molar-refractivity contribution in [3.8, 4) is 0 Å². The van der Waals surface area contributed by atoms with Gasteiger partial charge in [0.05, 0.1) is 41.9 Å². The first-order valence-corrected chi connectivity index (χ1v) is 9.82. The highest BCUT2D eigenvalue weighted by molar-refractivity contribution is 6.05. The van der Waals surface area contributed by atoms with Crippen molar-refractivity contribution in [2.75, 3.05) is 26.0 Å². The normalized spacial score (nSPS) is 19.7. The number of hydrogen-bond donors (Lipinski definition) is 1. The summed E-state index contributed by atoms with van der Waals surface area (Å²) in [5.41, 5.74) is 3.25. The highest BCUT2D eigenvalue weighted by Crippen LogP contribution is 2.31. The fourth-order valence-corrected chi connectivity index (χ4v) is 4.11. The Labute approximate surface area is 173 Å². The number of fused-ring (bicyclic) bond motifs is 2. The van der Waals surface area contributed by atoms with Gasteiger partial charge in [-0.05, 0) is 31.7 Å². The van der Waals surface area contributed by atoms with Gasteiger partial charge in [-0.2, -0.15) is 5.10 Å². The molecule has 30 heavy (non-hydrogen) atoms. The summed E-state index contributed by atoms with van der Waals surface area (Å²) < 4.78 is 9.18. The summed E-state index contributed by atoms with van der Waals surface area (Å²) in [4.78, 5) is 24.0. The minimum absolute atomic E-state index is 0.208. The number of carbonyl (C=O) groups is 1. The van der Waals surface area contributed by atoms with Crippen LogP contribution < -0.4 is 5.32 Å². The molecule has 5 rings (SSSR count). The van der Waals surface area contributed by atoms with Crippen molar-refractivity contribution in [1.82, 2.24) is 29.0 Å². The number of nitrogens with zero attached hydrogens (tertiary/aromatic N) is 6. The molecule has 1 saturated heterocycles. The zero-order valence-corrected chi connectivity index (χ0v) is 17.1. The van der Waals surface area contributed by atoms with E-state index < -0.39 is 0 Å². The Kier molecular flexibility index (Phi) is 4.48. The molecular formula is C21H23N7O2. The minimum atomic E-state index is -0.216. The van der Waals surface area contributed by atoms with Crippen molar-refractivity contribution in [2.24, 2.45) is 7.05 Å². The van der Waals surface area contributed by atoms with Crippen molar-refractivity contribution in [3.63, 3.8) is 0 Å². The highest BCUT2D eigenvalue weighted by Gasteiger charge is 2.32. The number of hydrogen-bond acceptors (Lipinski definition) is 6. The number of anilines is 1. The molecule has 1 fully saturated rings. The molecule has 0 bridgehead atoms. The van der Waals surface area contributed by atoms with Gasteiger partial charge < -0.3 is 14.5 Å². The number of imidazole rings is 1. The summed E-state index contributed by atoms with van der Waals surface area (Å²) in [7, 11) is 5.70. The number of rotatable bonds is 4. The number of likely N-dealkylation sites (N-methyl/N-ethyl adjacent to an activating group) is 1. The lowest BCUT2D eigenvalue weighted by Gasteiger charge is -2.15. The Morgan fingerprint density at radius 1 is 1.23 bits per heavy atom. The van der Waals surface area contributed by atoms with E-state index in [1.807, 2.05) is 29.8 Å². The number of likely N-dealkylation sites (tertiary alicyclic amines) is 1. The summed E-state index contributed by atoms with van der Waals surface area (Å²) in [5, 5.41) is 8.00. The number of benzene rings is 1. The van der Waals surface area contributed by atoms with Crippen molar-refractivity contribution in [1.29, 1.82) is 0 Å². The van der Waals surface area contributed by atoms with Gasteiger partial charge in [-0.1, -0.05) is 0 Å². The first-order valence-electron chi connectivity index (χ1n) is 9.82. The molecule has 9 nitrogen and oxygen atoms in total. The number of amides is 1. The predicted molar refractivity (Wildman–Crippen MR) is 112 cm³/mol. The van der Waals surface area contributed by atoms with Gasteiger partial charge in [0.2, 0.25) is 0 Å². The molecule has 4 aromatic rings. The van der Waals surface area contributed by atoms with Crippen molar-refractivity contribution in [2.45, 2.75) is 18.6 Å². The summed E-state index contributed by atoms with van der Waals surface area (Å²) >= 11 is 0. The number of carbonyl (C=O) groups excluding carboxylic acids is 1. The molecular weight excluding hydrogens is 382 g/mol. The molecule has 1 aliphatic heterocycles. The van der Waals surface area contributed by atoms with Crippen LogP contribution in [-0.4, -0.2) is 61.8 Å². The van der Waals surface area contributed by atoms with Crippen molar-refractivity contribution >= 4 is 28.3 Å². The van der Waals surface area contributed by atoms with Crippen LogP contribution in [0.15, 0.2) is 43.0 Å². The van der Waals surface area contributed by atoms with E-state index in [1.165, 1.54) is 0 Å². The van der Waals surface area contributed by atoms with Gasteiger partial charge in [0.1, 0.15) is 5.82 Å². The van der Waals surface area contributed by atoms with Crippen LogP contribution in [0, 0.1) is 0 Å². The Morgan fingerprint density at radius 3 is 2.90 bits per heavy atom. The molecule has 1 aliphatic rings. The molecule has 0 radical (unpaired) electrons. The second-order valence-electron chi connectivity index (χ2n) is 7.75. The number of aromatic nitrogens is 5. The molecule has 1 aromatic carbocycles. The molecule has 0 aliphatic carbocycles. The van der Waals surface area contributed by atoms with Crippen LogP contribution in [0.2, 0.25) is 0 Å². The van der Waals surface area contributed by atoms with Crippen LogP contribution in [0.25, 0.3) is 16.6 Å². The Hall–Kier alpha value is -3.30. The number of methoxy groups -OCH3 is 1. The van der Waals surface area contributed by atoms with Crippen molar-refractivity contribution in [3.05, 3.63) is 54.2 Å². The molecule has 0 spiro atoms. The van der Waals surface area contributed by atoms with E-state index in [-0.39, 0.29) is 18.1 Å². The largest absolute Gasteiger partial charge is 0.380 e. The maximum Gasteiger partial charge on any atom is 0.256 e. The highest BCUT2D eigenvalue weighted by atomic mass is 16.5. The molecule has 2 atom stereocenters. The third-order valence-corrected chi connectivity index (χ3v) is 5.79. The van der Waals surface area contributed by atoms with Gasteiger partial charge in [-0.25, -0.2) is 9.97 Å². The van der Waals surface area contributed by atoms with E-state index in [0.29, 0.717) is 11.4 Å². The molecule has 1 unspecified atom stereocenters. The second-order valence-corrected chi connectivity index (χ2v) is 7.75. The van der Waals surface area contributed by atoms with Gasteiger partial charge in [-0.3, -0.25) is 14.4 Å². The Balaban J connectivity index is 1.37. The van der Waals surface area contributed by atoms with Gasteiger partial charge in [0.25, 0.3) is 5.91 Å². The van der Waals surface area contributed by atoms with Crippen LogP contribution in [0.4, 0.5) is 5.82 Å². The average molecular weight is 405 g/mol. The van der Waals surface area contributed by atoms with Gasteiger partial charge in [-0.15, -0.1) is 0 Å². The Bertz CT molecular complexity index is 1240. The van der Waals surface area contributed by atoms with Crippen molar-refractivity contribution < 1.29 is 9.53 Å². The zero-order valence-electron chi connectivity index (χ0n) is 17.1. The molecule has 3 aromatic heterocycles. The second kappa shape index (κ2) is 7.19. The predicted octanol–water partition coefficient (Wildman–Crippen LogP) is 2.26. The van der Waals surface area contributed by atoms with Crippen LogP contribution in [-0.2, 0) is 11.8 Å². The fourth-order valence-electron chi connectivity index (χ4n) is 4.11. The molecule has 1 N–H and O–H groups in total. The summed E-state index contributed by atoms with van der Waals surface area (Å²) in [5.74, 6) is 0.253. The van der Waals surface area contributed by atoms with Crippen LogP contribution in [0.5, 0.6) is 0 Å². The SMILES string of the molecule is CO[C@@H]1CC(c2cn3cc(NC(=O)c4ccc5c(cnn5C)c4)ncc3n2)N(C)C1. The summed E-state index contributed by atoms with van der Waals surface area (Å²) in [6, 6.07) is 5.71. The Morgan fingerprint density at radius 2 is 2.10 bits per heavy atom. The van der Waals surface area contributed by atoms with E-state index >= 15 is 0 Å². The van der Waals surface area contributed by atoms with Gasteiger partial charge >= 0.3 is 0 Å². The van der Waals surface area contributed by atoms with Gasteiger partial charge in [0.15, 0.2) is 5.65 Å². The van der Waals surface area contributed by atoms with E-state index in [1.54, 1.807) is 36.4 Å². The van der Waals surface area contributed by atoms with Gasteiger partial charge in [0, 0.05) is 37.8 Å². The average Bonchev–Trinajstić information content (AvgIpc) is 3.43. The number of ether oxygens (including phenoxy) is 1. The first kappa shape index (κ1) is 18.7. The van der Waals surface area contributed by atoms with E-state index in [0.717, 1.165) is 35.2 Å². The van der Waals surface area contributed by atoms with E-state index in [4.69, 9.17) is 9.72 Å². The van der Waals surface area contributed by atoms with Crippen LogP contribution in [0.1, 0.15) is 28.5 Å². The van der Waals surface area contributed by atoms with Crippen LogP contribution >= 0.6 is 0 Å². The molecule has 154 valence electrons. The number of nitrogens with one attached hydrogen (secondary N) is 1. The number of aryl methyl sites for hydroxylation is 1. The third-order valence-electron chi connectivity index (χ3n) is 5.79. The maximum absolute atomic E-state index is 12.7. The van der Waals surface area contributed by atoms with E-state index in [2.05, 4.69) is 27.3 Å². The first-order chi connectivity index (χ1) is 14.5. The summed E-state index contributed by atoms with van der Waals surface area (Å²) in [6.07, 6.45) is 8.33. The minimum Gasteiger partial charge on any atom is -0.380 e. The molecule has 0 saturated carbocycles. The van der Waals surface area contributed by atoms with E-state index in [9.17, 15) is 4.79 Å². The van der Waals surface area contributed by atoms with Crippen LogP contribution in [0.3, 0.4) is 0 Å². The molecule has 9 heteroatoms. The monoisotopic (exact) mass is 405 g/mol. The quantitative estimate of drug-likeness (QED) is 0.560. The fraction of sp³-hybridized carbons (Fsp3) is 0.333. The zero-order chi connectivity index (χ0) is 20.8. The molecule has 1 amide bonds. The summed E-state index contributed by atoms with van der Waals surface area (Å²) in [6.45, 7) is 0.885. The lowest BCUT2D eigenvalue weighted by Crippen LogP contribution is -2.20. The smallest absolute Gasteiger partial charge is 0.256 e. The lowest BCUT2D eigenvalue weighted by molar-refractivity contribution is 0.102. The standard InChI is InChI=1S/C21H23N7O2/c1-26-10-15(30-3)7-18(26)16-11-28-12-19(22-9-20(28)24-16)25-21(29)13-4-5-17-14(6-13)8-23-27(17)2/h4-6,8-9,11-12,15,18H,7,10H2,1-3H3,(H,25,29)/t15-,18?/m1/s1. The third kappa shape index (κ3) is 3.21. The lowest BCUT2D eigenvalue weighted by atomic mass is 10.1. The maximum atomic E-state index is 12.7.